The minimum Gasteiger partial charge on any atom is -0.383 e. The van der Waals surface area contributed by atoms with Gasteiger partial charge in [-0.05, 0) is 48.4 Å². The van der Waals surface area contributed by atoms with Crippen LogP contribution in [0.2, 0.25) is 0 Å². The Bertz CT molecular complexity index is 1870. The molecular weight excluding hydrogens is 579 g/mol. The Kier molecular flexibility index (Phi) is 8.48. The van der Waals surface area contributed by atoms with Crippen molar-refractivity contribution in [2.75, 3.05) is 26.8 Å². The Hall–Kier alpha value is -4.85. The third-order valence-electron chi connectivity index (χ3n) is 8.05. The van der Waals surface area contributed by atoms with E-state index in [1.54, 1.807) is 40.7 Å². The molecule has 0 radical (unpaired) electrons. The number of carbonyl (C=O) groups is 2. The number of rotatable bonds is 11. The lowest BCUT2D eigenvalue weighted by atomic mass is 9.91. The number of imidazole rings is 1. The Labute approximate surface area is 258 Å². The maximum atomic E-state index is 14.0. The summed E-state index contributed by atoms with van der Waals surface area (Å²) in [5.74, 6) is -1.35. The van der Waals surface area contributed by atoms with E-state index < -0.39 is 18.0 Å². The number of hydroxylamine groups is 2. The molecule has 0 bridgehead atoms. The summed E-state index contributed by atoms with van der Waals surface area (Å²) in [5.41, 5.74) is 10.8. The number of nitrogens with zero attached hydrogens (tertiary/aromatic N) is 7. The molecule has 0 aliphatic carbocycles. The number of methoxy groups -OCH3 is 1. The molecule has 6 rings (SSSR count). The van der Waals surface area contributed by atoms with E-state index in [0.717, 1.165) is 16.9 Å². The van der Waals surface area contributed by atoms with Gasteiger partial charge in [0.15, 0.2) is 5.65 Å². The van der Waals surface area contributed by atoms with Crippen LogP contribution in [-0.2, 0) is 27.8 Å². The first-order chi connectivity index (χ1) is 21.7. The predicted octanol–water partition coefficient (Wildman–Crippen LogP) is 3.52. The van der Waals surface area contributed by atoms with E-state index in [0.29, 0.717) is 47.7 Å². The summed E-state index contributed by atoms with van der Waals surface area (Å²) in [6.07, 6.45) is 2.91. The van der Waals surface area contributed by atoms with Gasteiger partial charge in [-0.2, -0.15) is 14.6 Å². The van der Waals surface area contributed by atoms with Crippen LogP contribution < -0.4 is 5.73 Å². The first kappa shape index (κ1) is 30.2. The molecular formula is C32H33FN8O4. The average Bonchev–Trinajstić information content (AvgIpc) is 3.69. The molecule has 45 heavy (non-hydrogen) atoms. The van der Waals surface area contributed by atoms with Crippen LogP contribution in [0.15, 0.2) is 60.9 Å². The molecule has 0 saturated carbocycles. The maximum Gasteiger partial charge on any atom is 0.284 e. The summed E-state index contributed by atoms with van der Waals surface area (Å²) in [6, 6.07) is 14.5. The van der Waals surface area contributed by atoms with Crippen molar-refractivity contribution >= 4 is 22.9 Å². The van der Waals surface area contributed by atoms with Crippen LogP contribution in [0.3, 0.4) is 0 Å². The van der Waals surface area contributed by atoms with E-state index in [-0.39, 0.29) is 30.4 Å². The molecule has 2 atom stereocenters. The summed E-state index contributed by atoms with van der Waals surface area (Å²) >= 11 is 0. The number of ether oxygens (including phenoxy) is 1. The standard InChI is InChI=1S/C32H33FN8O4/c1-19-26(16-24(42)13-22-18-40(11-12-44-3)45-29(22)20-9-10-35-27(33)15-20)41(23-7-5-4-6-8-23)38-28(19)21-14-25-31(36-17-21)39(2)32(37-25)30(34)43/h4-10,14-15,17,22,29H,11-13,16,18H2,1-3H3,(H2,34,43)/t22-,29+/m1/s1. The molecule has 1 aromatic carbocycles. The number of benzene rings is 1. The van der Waals surface area contributed by atoms with Gasteiger partial charge < -0.3 is 15.0 Å². The molecule has 1 saturated heterocycles. The molecule has 2 N–H and O–H groups in total. The fraction of sp³-hybridized carbons (Fsp3) is 0.312. The first-order valence-electron chi connectivity index (χ1n) is 14.5. The fourth-order valence-electron chi connectivity index (χ4n) is 5.86. The number of Topliss-reactive ketones (excluding diaryl/α,β-unsaturated/α-hetero) is 1. The van der Waals surface area contributed by atoms with E-state index in [1.165, 1.54) is 12.3 Å². The lowest BCUT2D eigenvalue weighted by Gasteiger charge is -2.17. The summed E-state index contributed by atoms with van der Waals surface area (Å²) in [7, 11) is 3.30. The highest BCUT2D eigenvalue weighted by Gasteiger charge is 2.37. The molecule has 1 fully saturated rings. The number of fused-ring (bicyclic) bond motifs is 1. The van der Waals surface area contributed by atoms with E-state index in [4.69, 9.17) is 20.4 Å². The van der Waals surface area contributed by atoms with Gasteiger partial charge in [-0.3, -0.25) is 14.4 Å². The van der Waals surface area contributed by atoms with Crippen molar-refractivity contribution in [2.24, 2.45) is 18.7 Å². The third-order valence-corrected chi connectivity index (χ3v) is 8.05. The van der Waals surface area contributed by atoms with Gasteiger partial charge in [0.1, 0.15) is 17.4 Å². The number of aromatic nitrogens is 6. The summed E-state index contributed by atoms with van der Waals surface area (Å²) in [6.45, 7) is 3.40. The second-order valence-corrected chi connectivity index (χ2v) is 11.1. The molecule has 4 aromatic heterocycles. The van der Waals surface area contributed by atoms with Crippen LogP contribution in [-0.4, -0.2) is 72.9 Å². The number of halogens is 1. The topological polar surface area (TPSA) is 143 Å². The number of pyridine rings is 2. The van der Waals surface area contributed by atoms with Gasteiger partial charge >= 0.3 is 0 Å². The zero-order valence-corrected chi connectivity index (χ0v) is 25.2. The number of ketones is 1. The van der Waals surface area contributed by atoms with E-state index in [2.05, 4.69) is 15.0 Å². The number of para-hydroxylation sites is 1. The lowest BCUT2D eigenvalue weighted by Crippen LogP contribution is -2.24. The van der Waals surface area contributed by atoms with Crippen molar-refractivity contribution in [3.05, 3.63) is 89.5 Å². The van der Waals surface area contributed by atoms with Gasteiger partial charge in [0.2, 0.25) is 11.8 Å². The van der Waals surface area contributed by atoms with Crippen LogP contribution in [0.4, 0.5) is 4.39 Å². The number of primary amides is 1. The zero-order valence-electron chi connectivity index (χ0n) is 25.2. The molecule has 1 aliphatic rings. The fourth-order valence-corrected chi connectivity index (χ4v) is 5.86. The van der Waals surface area contributed by atoms with Crippen molar-refractivity contribution in [1.82, 2.24) is 34.4 Å². The van der Waals surface area contributed by atoms with Crippen molar-refractivity contribution < 1.29 is 23.6 Å². The molecule has 13 heteroatoms. The molecule has 232 valence electrons. The average molecular weight is 613 g/mol. The summed E-state index contributed by atoms with van der Waals surface area (Å²) in [4.78, 5) is 44.4. The van der Waals surface area contributed by atoms with Gasteiger partial charge in [-0.15, -0.1) is 0 Å². The van der Waals surface area contributed by atoms with Gasteiger partial charge in [0.05, 0.1) is 23.7 Å². The minimum atomic E-state index is -0.645. The second kappa shape index (κ2) is 12.6. The number of hydrogen-bond acceptors (Lipinski definition) is 9. The highest BCUT2D eigenvalue weighted by atomic mass is 19.1. The normalized spacial score (nSPS) is 16.9. The van der Waals surface area contributed by atoms with Crippen LogP contribution >= 0.6 is 0 Å². The smallest absolute Gasteiger partial charge is 0.284 e. The van der Waals surface area contributed by atoms with Crippen molar-refractivity contribution in [3.8, 4) is 16.9 Å². The van der Waals surface area contributed by atoms with E-state index in [9.17, 15) is 14.0 Å². The Morgan fingerprint density at radius 2 is 1.96 bits per heavy atom. The second-order valence-electron chi connectivity index (χ2n) is 11.1. The maximum absolute atomic E-state index is 14.0. The molecule has 5 heterocycles. The van der Waals surface area contributed by atoms with Crippen LogP contribution in [0.25, 0.3) is 28.1 Å². The highest BCUT2D eigenvalue weighted by Crippen LogP contribution is 2.37. The van der Waals surface area contributed by atoms with Gasteiger partial charge in [0, 0.05) is 64.0 Å². The van der Waals surface area contributed by atoms with Gasteiger partial charge in [-0.1, -0.05) is 18.2 Å². The van der Waals surface area contributed by atoms with Crippen LogP contribution in [0.1, 0.15) is 40.0 Å². The highest BCUT2D eigenvalue weighted by molar-refractivity contribution is 5.93. The van der Waals surface area contributed by atoms with Crippen molar-refractivity contribution in [2.45, 2.75) is 25.9 Å². The van der Waals surface area contributed by atoms with E-state index >= 15 is 0 Å². The third kappa shape index (κ3) is 6.10. The number of hydrogen-bond donors (Lipinski definition) is 1. The first-order valence-corrected chi connectivity index (χ1v) is 14.5. The largest absolute Gasteiger partial charge is 0.383 e. The molecule has 1 aliphatic heterocycles. The van der Waals surface area contributed by atoms with Gasteiger partial charge in [-0.25, -0.2) is 19.6 Å². The Morgan fingerprint density at radius 3 is 2.69 bits per heavy atom. The Morgan fingerprint density at radius 1 is 1.16 bits per heavy atom. The number of amides is 1. The van der Waals surface area contributed by atoms with Crippen LogP contribution in [0, 0.1) is 18.8 Å². The number of aryl methyl sites for hydroxylation is 1. The number of nitrogens with two attached hydrogens (primary N) is 1. The number of carbonyl (C=O) groups excluding carboxylic acids is 2. The zero-order chi connectivity index (χ0) is 31.7. The molecule has 0 spiro atoms. The summed E-state index contributed by atoms with van der Waals surface area (Å²) in [5, 5.41) is 6.70. The lowest BCUT2D eigenvalue weighted by molar-refractivity contribution is -0.155. The molecule has 1 amide bonds. The van der Waals surface area contributed by atoms with E-state index in [1.807, 2.05) is 43.3 Å². The SMILES string of the molecule is COCCN1C[C@@H](CC(=O)Cc2c(C)c(-c3cnc4c(c3)nc(C(N)=O)n4C)nn2-c2ccccc2)[C@H](c2ccnc(F)c2)O1. The quantitative estimate of drug-likeness (QED) is 0.222. The van der Waals surface area contributed by atoms with Crippen LogP contribution in [0.5, 0.6) is 0 Å². The minimum absolute atomic E-state index is 0.00662. The monoisotopic (exact) mass is 612 g/mol. The van der Waals surface area contributed by atoms with Gasteiger partial charge in [0.25, 0.3) is 5.91 Å². The predicted molar refractivity (Wildman–Crippen MR) is 163 cm³/mol. The molecule has 12 nitrogen and oxygen atoms in total. The van der Waals surface area contributed by atoms with Crippen molar-refractivity contribution in [1.29, 1.82) is 0 Å². The molecule has 0 unspecified atom stereocenters. The summed E-state index contributed by atoms with van der Waals surface area (Å²) < 4.78 is 22.6. The molecule has 5 aromatic rings. The Balaban J connectivity index is 1.32. The van der Waals surface area contributed by atoms with Crippen molar-refractivity contribution in [3.63, 3.8) is 0 Å².